The number of aromatic nitrogens is 2. The van der Waals surface area contributed by atoms with Crippen molar-refractivity contribution >= 4 is 22.9 Å². The molecule has 0 saturated carbocycles. The van der Waals surface area contributed by atoms with Gasteiger partial charge in [0.25, 0.3) is 0 Å². The summed E-state index contributed by atoms with van der Waals surface area (Å²) >= 11 is 7.97. The van der Waals surface area contributed by atoms with E-state index in [-0.39, 0.29) is 0 Å². The van der Waals surface area contributed by atoms with Crippen molar-refractivity contribution in [1.29, 1.82) is 0 Å². The highest BCUT2D eigenvalue weighted by Crippen LogP contribution is 2.35. The number of hydrogen-bond donors (Lipinski definition) is 4. The molecule has 4 rings (SSSR count). The van der Waals surface area contributed by atoms with E-state index in [2.05, 4.69) is 9.97 Å². The van der Waals surface area contributed by atoms with Crippen LogP contribution in [0, 0.1) is 0 Å². The first-order valence-corrected chi connectivity index (χ1v) is 10.6. The maximum absolute atomic E-state index is 10.4. The van der Waals surface area contributed by atoms with E-state index < -0.39 is 37.1 Å². The van der Waals surface area contributed by atoms with Gasteiger partial charge < -0.3 is 25.2 Å². The van der Waals surface area contributed by atoms with Crippen molar-refractivity contribution in [2.24, 2.45) is 0 Å². The topological polar surface area (TPSA) is 116 Å². The molecule has 1 aromatic carbocycles. The highest BCUT2D eigenvalue weighted by molar-refractivity contribution is 7.15. The summed E-state index contributed by atoms with van der Waals surface area (Å²) in [6.45, 7) is -0.471. The van der Waals surface area contributed by atoms with Crippen LogP contribution in [0.5, 0.6) is 0 Å². The molecule has 9 heteroatoms. The third kappa shape index (κ3) is 4.26. The molecule has 1 fully saturated rings. The normalized spacial score (nSPS) is 26.6. The van der Waals surface area contributed by atoms with Gasteiger partial charge in [0.05, 0.1) is 11.5 Å². The zero-order valence-corrected chi connectivity index (χ0v) is 17.4. The van der Waals surface area contributed by atoms with Crippen LogP contribution in [0.3, 0.4) is 0 Å². The van der Waals surface area contributed by atoms with Crippen molar-refractivity contribution in [3.63, 3.8) is 0 Å². The van der Waals surface area contributed by atoms with E-state index in [0.717, 1.165) is 15.3 Å². The standard InChI is InChI=1S/C21H21ClN2O5S/c22-14-4-2-11(20-19(28)18(27)17(26)15(10-25)29-20)8-12(14)9-13-3-5-16(30-13)21-23-6-1-7-24-21/h1-8,15,17-20,25-28H,9-10H2/t15-,17-,18+,19-,20?/m1/s1. The Hall–Kier alpha value is -1.91. The number of aliphatic hydroxyl groups excluding tert-OH is 4. The highest BCUT2D eigenvalue weighted by Gasteiger charge is 2.44. The second-order valence-corrected chi connectivity index (χ2v) is 8.69. The first-order valence-electron chi connectivity index (χ1n) is 9.43. The van der Waals surface area contributed by atoms with Gasteiger partial charge in [0.15, 0.2) is 5.82 Å². The Morgan fingerprint density at radius 1 is 1.00 bits per heavy atom. The van der Waals surface area contributed by atoms with Gasteiger partial charge in [-0.2, -0.15) is 0 Å². The average molecular weight is 449 g/mol. The lowest BCUT2D eigenvalue weighted by Crippen LogP contribution is -2.55. The van der Waals surface area contributed by atoms with Crippen molar-refractivity contribution in [1.82, 2.24) is 9.97 Å². The minimum atomic E-state index is -1.43. The Morgan fingerprint density at radius 2 is 1.77 bits per heavy atom. The first kappa shape index (κ1) is 21.3. The summed E-state index contributed by atoms with van der Waals surface area (Å²) in [5.74, 6) is 0.662. The van der Waals surface area contributed by atoms with Gasteiger partial charge in [-0.15, -0.1) is 11.3 Å². The van der Waals surface area contributed by atoms with E-state index in [1.165, 1.54) is 0 Å². The van der Waals surface area contributed by atoms with E-state index in [1.54, 1.807) is 41.9 Å². The van der Waals surface area contributed by atoms with Gasteiger partial charge in [0.2, 0.25) is 0 Å². The van der Waals surface area contributed by atoms with Crippen LogP contribution in [0.4, 0.5) is 0 Å². The number of thiophene rings is 1. The summed E-state index contributed by atoms with van der Waals surface area (Å²) in [6, 6.07) is 11.0. The zero-order chi connectivity index (χ0) is 21.3. The molecule has 3 aromatic rings. The maximum atomic E-state index is 10.4. The van der Waals surface area contributed by atoms with Crippen molar-refractivity contribution in [3.8, 4) is 10.7 Å². The van der Waals surface area contributed by atoms with Gasteiger partial charge in [-0.05, 0) is 35.4 Å². The highest BCUT2D eigenvalue weighted by atomic mass is 35.5. The minimum absolute atomic E-state index is 0.471. The Morgan fingerprint density at radius 3 is 2.50 bits per heavy atom. The molecule has 158 valence electrons. The predicted molar refractivity (Wildman–Crippen MR) is 112 cm³/mol. The van der Waals surface area contributed by atoms with Gasteiger partial charge >= 0.3 is 0 Å². The van der Waals surface area contributed by atoms with Crippen LogP contribution in [0.15, 0.2) is 48.8 Å². The number of benzene rings is 1. The van der Waals surface area contributed by atoms with Crippen LogP contribution in [0.1, 0.15) is 22.1 Å². The first-order chi connectivity index (χ1) is 14.5. The summed E-state index contributed by atoms with van der Waals surface area (Å²) < 4.78 is 5.66. The van der Waals surface area contributed by atoms with Gasteiger partial charge in [-0.1, -0.05) is 23.7 Å². The largest absolute Gasteiger partial charge is 0.394 e. The average Bonchev–Trinajstić information content (AvgIpc) is 3.23. The van der Waals surface area contributed by atoms with Crippen molar-refractivity contribution in [3.05, 3.63) is 69.8 Å². The van der Waals surface area contributed by atoms with Gasteiger partial charge in [-0.3, -0.25) is 0 Å². The van der Waals surface area contributed by atoms with Gasteiger partial charge in [-0.25, -0.2) is 9.97 Å². The number of nitrogens with zero attached hydrogens (tertiary/aromatic N) is 2. The van der Waals surface area contributed by atoms with Gasteiger partial charge in [0, 0.05) is 28.7 Å². The molecule has 1 unspecified atom stereocenters. The van der Waals surface area contributed by atoms with Crippen LogP contribution < -0.4 is 0 Å². The van der Waals surface area contributed by atoms with Gasteiger partial charge in [0.1, 0.15) is 30.5 Å². The maximum Gasteiger partial charge on any atom is 0.169 e. The van der Waals surface area contributed by atoms with E-state index in [4.69, 9.17) is 16.3 Å². The number of ether oxygens (including phenoxy) is 1. The number of hydrogen-bond acceptors (Lipinski definition) is 8. The molecule has 0 aliphatic carbocycles. The quantitative estimate of drug-likeness (QED) is 0.471. The zero-order valence-electron chi connectivity index (χ0n) is 15.8. The fourth-order valence-electron chi connectivity index (χ4n) is 3.49. The lowest BCUT2D eigenvalue weighted by atomic mass is 9.90. The molecule has 1 aliphatic heterocycles. The molecular formula is C21H21ClN2O5S. The van der Waals surface area contributed by atoms with Crippen LogP contribution >= 0.6 is 22.9 Å². The molecule has 1 aliphatic rings. The Balaban J connectivity index is 1.57. The molecule has 0 amide bonds. The number of halogens is 1. The summed E-state index contributed by atoms with van der Waals surface area (Å²) in [5, 5.41) is 40.4. The van der Waals surface area contributed by atoms with E-state index in [1.807, 2.05) is 18.2 Å². The second kappa shape index (κ2) is 9.07. The third-order valence-corrected chi connectivity index (χ3v) is 6.55. The van der Waals surface area contributed by atoms with Crippen molar-refractivity contribution in [2.75, 3.05) is 6.61 Å². The fraction of sp³-hybridized carbons (Fsp3) is 0.333. The molecule has 0 spiro atoms. The summed E-state index contributed by atoms with van der Waals surface area (Å²) in [6.07, 6.45) is -2.05. The summed E-state index contributed by atoms with van der Waals surface area (Å²) in [4.78, 5) is 10.5. The SMILES string of the molecule is OC[C@H]1OC(c2ccc(Cl)c(Cc3ccc(-c4ncccn4)s3)c2)[C@H](O)[C@@H](O)[C@@H]1O. The van der Waals surface area contributed by atoms with E-state index in [0.29, 0.717) is 22.8 Å². The van der Waals surface area contributed by atoms with E-state index in [9.17, 15) is 20.4 Å². The molecule has 5 atom stereocenters. The molecule has 3 heterocycles. The molecule has 1 saturated heterocycles. The Bertz CT molecular complexity index is 1000. The summed E-state index contributed by atoms with van der Waals surface area (Å²) in [7, 11) is 0. The third-order valence-electron chi connectivity index (χ3n) is 5.10. The lowest BCUT2D eigenvalue weighted by molar-refractivity contribution is -0.231. The van der Waals surface area contributed by atoms with E-state index >= 15 is 0 Å². The molecule has 30 heavy (non-hydrogen) atoms. The molecule has 0 bridgehead atoms. The Kier molecular flexibility index (Phi) is 6.45. The second-order valence-electron chi connectivity index (χ2n) is 7.12. The van der Waals surface area contributed by atoms with Crippen LogP contribution in [-0.2, 0) is 11.2 Å². The van der Waals surface area contributed by atoms with Crippen LogP contribution in [0.2, 0.25) is 5.02 Å². The minimum Gasteiger partial charge on any atom is -0.394 e. The molecule has 0 radical (unpaired) electrons. The smallest absolute Gasteiger partial charge is 0.169 e. The monoisotopic (exact) mass is 448 g/mol. The molecule has 2 aromatic heterocycles. The molecule has 7 nitrogen and oxygen atoms in total. The number of aliphatic hydroxyl groups is 4. The van der Waals surface area contributed by atoms with Crippen LogP contribution in [0.25, 0.3) is 10.7 Å². The predicted octanol–water partition coefficient (Wildman–Crippen LogP) is 1.96. The fourth-order valence-corrected chi connectivity index (χ4v) is 4.65. The van der Waals surface area contributed by atoms with Crippen LogP contribution in [-0.4, -0.2) is 61.4 Å². The molecule has 4 N–H and O–H groups in total. The summed E-state index contributed by atoms with van der Waals surface area (Å²) in [5.41, 5.74) is 1.43. The lowest BCUT2D eigenvalue weighted by Gasteiger charge is -2.40. The van der Waals surface area contributed by atoms with Crippen molar-refractivity contribution in [2.45, 2.75) is 36.9 Å². The molecular weight excluding hydrogens is 428 g/mol. The Labute approximate surface area is 182 Å². The number of rotatable bonds is 5. The van der Waals surface area contributed by atoms with Crippen molar-refractivity contribution < 1.29 is 25.2 Å².